The molecule has 0 unspecified atom stereocenters. The molecule has 82 valence electrons. The number of halogens is 1. The Morgan fingerprint density at radius 1 is 1.27 bits per heavy atom. The van der Waals surface area contributed by atoms with Gasteiger partial charge in [-0.05, 0) is 37.1 Å². The number of benzene rings is 1. The molecule has 0 bridgehead atoms. The van der Waals surface area contributed by atoms with Crippen LogP contribution in [0.5, 0.6) is 5.75 Å². The van der Waals surface area contributed by atoms with E-state index in [1.165, 1.54) is 0 Å². The van der Waals surface area contributed by atoms with Gasteiger partial charge in [-0.2, -0.15) is 0 Å². The van der Waals surface area contributed by atoms with Gasteiger partial charge in [-0.1, -0.05) is 15.9 Å². The summed E-state index contributed by atoms with van der Waals surface area (Å²) in [6.07, 6.45) is 2.61. The summed E-state index contributed by atoms with van der Waals surface area (Å²) >= 11 is 3.35. The van der Waals surface area contributed by atoms with Crippen LogP contribution in [-0.4, -0.2) is 18.2 Å². The Labute approximate surface area is 98.8 Å². The molecule has 1 aromatic carbocycles. The summed E-state index contributed by atoms with van der Waals surface area (Å²) in [6, 6.07) is 7.26. The van der Waals surface area contributed by atoms with Crippen molar-refractivity contribution in [1.82, 2.24) is 0 Å². The fourth-order valence-corrected chi connectivity index (χ4v) is 1.70. The first kappa shape index (κ1) is 12.2. The second kappa shape index (κ2) is 6.62. The van der Waals surface area contributed by atoms with E-state index in [1.807, 2.05) is 24.3 Å². The number of unbranched alkanes of at least 4 members (excludes halogenated alkanes) is 1. The summed E-state index contributed by atoms with van der Waals surface area (Å²) in [4.78, 5) is 11.7. The third-order valence-electron chi connectivity index (χ3n) is 2.20. The van der Waals surface area contributed by atoms with E-state index in [4.69, 9.17) is 4.74 Å². The molecule has 0 spiro atoms. The minimum absolute atomic E-state index is 0.207. The topological polar surface area (TPSA) is 26.3 Å². The molecule has 0 N–H and O–H groups in total. The molecule has 3 heteroatoms. The molecule has 15 heavy (non-hydrogen) atoms. The lowest BCUT2D eigenvalue weighted by Crippen LogP contribution is -1.98. The van der Waals surface area contributed by atoms with Crippen molar-refractivity contribution < 1.29 is 9.53 Å². The van der Waals surface area contributed by atoms with E-state index in [1.54, 1.807) is 7.11 Å². The molecule has 1 rings (SSSR count). The first-order valence-electron chi connectivity index (χ1n) is 5.01. The predicted molar refractivity (Wildman–Crippen MR) is 65.0 cm³/mol. The third-order valence-corrected chi connectivity index (χ3v) is 2.76. The van der Waals surface area contributed by atoms with Gasteiger partial charge in [0.1, 0.15) is 5.75 Å². The van der Waals surface area contributed by atoms with Crippen LogP contribution in [0.15, 0.2) is 24.3 Å². The van der Waals surface area contributed by atoms with Crippen LogP contribution >= 0.6 is 15.9 Å². The maximum atomic E-state index is 11.7. The van der Waals surface area contributed by atoms with Crippen molar-refractivity contribution in [3.05, 3.63) is 29.8 Å². The number of hydrogen-bond acceptors (Lipinski definition) is 2. The zero-order valence-corrected chi connectivity index (χ0v) is 10.4. The highest BCUT2D eigenvalue weighted by atomic mass is 79.9. The highest BCUT2D eigenvalue weighted by Crippen LogP contribution is 2.13. The molecular weight excluding hydrogens is 256 g/mol. The van der Waals surface area contributed by atoms with Crippen LogP contribution in [0.3, 0.4) is 0 Å². The summed E-state index contributed by atoms with van der Waals surface area (Å²) in [6.45, 7) is 0. The van der Waals surface area contributed by atoms with E-state index in [0.717, 1.165) is 29.5 Å². The van der Waals surface area contributed by atoms with Gasteiger partial charge in [-0.15, -0.1) is 0 Å². The summed E-state index contributed by atoms with van der Waals surface area (Å²) < 4.78 is 5.03. The number of carbonyl (C=O) groups excluding carboxylic acids is 1. The molecule has 0 aliphatic carbocycles. The van der Waals surface area contributed by atoms with Crippen molar-refractivity contribution >= 4 is 21.7 Å². The van der Waals surface area contributed by atoms with Crippen molar-refractivity contribution in [1.29, 1.82) is 0 Å². The van der Waals surface area contributed by atoms with E-state index in [9.17, 15) is 4.79 Å². The van der Waals surface area contributed by atoms with Gasteiger partial charge >= 0.3 is 0 Å². The fraction of sp³-hybridized carbons (Fsp3) is 0.417. The van der Waals surface area contributed by atoms with Crippen molar-refractivity contribution in [2.24, 2.45) is 0 Å². The van der Waals surface area contributed by atoms with Gasteiger partial charge in [0.25, 0.3) is 0 Å². The average Bonchev–Trinajstić information content (AvgIpc) is 2.29. The first-order chi connectivity index (χ1) is 7.27. The SMILES string of the molecule is COc1ccc(C(=O)CCCCBr)cc1. The van der Waals surface area contributed by atoms with Gasteiger partial charge in [0.05, 0.1) is 7.11 Å². The molecule has 0 saturated carbocycles. The van der Waals surface area contributed by atoms with E-state index < -0.39 is 0 Å². The molecular formula is C12H15BrO2. The molecule has 0 aromatic heterocycles. The van der Waals surface area contributed by atoms with Gasteiger partial charge in [-0.3, -0.25) is 4.79 Å². The summed E-state index contributed by atoms with van der Waals surface area (Å²) in [5, 5.41) is 0.961. The summed E-state index contributed by atoms with van der Waals surface area (Å²) in [5.41, 5.74) is 0.769. The Morgan fingerprint density at radius 2 is 1.93 bits per heavy atom. The van der Waals surface area contributed by atoms with Crippen molar-refractivity contribution in [2.45, 2.75) is 19.3 Å². The largest absolute Gasteiger partial charge is 0.497 e. The van der Waals surface area contributed by atoms with Crippen molar-refractivity contribution in [3.63, 3.8) is 0 Å². The number of alkyl halides is 1. The van der Waals surface area contributed by atoms with Gasteiger partial charge in [0.15, 0.2) is 5.78 Å². The van der Waals surface area contributed by atoms with Crippen molar-refractivity contribution in [3.8, 4) is 5.75 Å². The molecule has 2 nitrogen and oxygen atoms in total. The number of ketones is 1. The minimum Gasteiger partial charge on any atom is -0.497 e. The van der Waals surface area contributed by atoms with Crippen LogP contribution in [0.4, 0.5) is 0 Å². The van der Waals surface area contributed by atoms with Crippen LogP contribution in [0.25, 0.3) is 0 Å². The Bertz CT molecular complexity index is 306. The fourth-order valence-electron chi connectivity index (χ4n) is 1.30. The van der Waals surface area contributed by atoms with E-state index in [2.05, 4.69) is 15.9 Å². The monoisotopic (exact) mass is 270 g/mol. The average molecular weight is 271 g/mol. The molecule has 0 radical (unpaired) electrons. The quantitative estimate of drug-likeness (QED) is 0.450. The highest BCUT2D eigenvalue weighted by Gasteiger charge is 2.04. The number of carbonyl (C=O) groups is 1. The standard InChI is InChI=1S/C12H15BrO2/c1-15-11-7-5-10(6-8-11)12(14)4-2-3-9-13/h5-8H,2-4,9H2,1H3. The molecule has 0 saturated heterocycles. The highest BCUT2D eigenvalue weighted by molar-refractivity contribution is 9.09. The van der Waals surface area contributed by atoms with Gasteiger partial charge in [-0.25, -0.2) is 0 Å². The second-order valence-electron chi connectivity index (χ2n) is 3.30. The van der Waals surface area contributed by atoms with E-state index >= 15 is 0 Å². The molecule has 0 heterocycles. The lowest BCUT2D eigenvalue weighted by molar-refractivity contribution is 0.0980. The van der Waals surface area contributed by atoms with Crippen LogP contribution in [0.2, 0.25) is 0 Å². The van der Waals surface area contributed by atoms with E-state index in [-0.39, 0.29) is 5.78 Å². The number of hydrogen-bond donors (Lipinski definition) is 0. The summed E-state index contributed by atoms with van der Waals surface area (Å²) in [5.74, 6) is 0.991. The smallest absolute Gasteiger partial charge is 0.162 e. The molecule has 0 aliphatic heterocycles. The Kier molecular flexibility index (Phi) is 5.40. The second-order valence-corrected chi connectivity index (χ2v) is 4.09. The Balaban J connectivity index is 2.50. The number of rotatable bonds is 6. The van der Waals surface area contributed by atoms with Crippen molar-refractivity contribution in [2.75, 3.05) is 12.4 Å². The number of methoxy groups -OCH3 is 1. The van der Waals surface area contributed by atoms with E-state index in [0.29, 0.717) is 6.42 Å². The molecule has 1 aromatic rings. The maximum absolute atomic E-state index is 11.7. The molecule has 0 aliphatic rings. The molecule has 0 amide bonds. The first-order valence-corrected chi connectivity index (χ1v) is 6.13. The van der Waals surface area contributed by atoms with Gasteiger partial charge in [0, 0.05) is 17.3 Å². The van der Waals surface area contributed by atoms with Crippen LogP contribution < -0.4 is 4.74 Å². The lowest BCUT2D eigenvalue weighted by atomic mass is 10.1. The lowest BCUT2D eigenvalue weighted by Gasteiger charge is -2.02. The Hall–Kier alpha value is -0.830. The number of Topliss-reactive ketones (excluding diaryl/α,β-unsaturated/α-hetero) is 1. The van der Waals surface area contributed by atoms with Crippen LogP contribution in [0, 0.1) is 0 Å². The van der Waals surface area contributed by atoms with Gasteiger partial charge in [0.2, 0.25) is 0 Å². The third kappa shape index (κ3) is 4.04. The zero-order chi connectivity index (χ0) is 11.1. The van der Waals surface area contributed by atoms with Crippen LogP contribution in [0.1, 0.15) is 29.6 Å². The Morgan fingerprint density at radius 3 is 2.47 bits per heavy atom. The van der Waals surface area contributed by atoms with Gasteiger partial charge < -0.3 is 4.74 Å². The molecule has 0 atom stereocenters. The maximum Gasteiger partial charge on any atom is 0.162 e. The minimum atomic E-state index is 0.207. The normalized spacial score (nSPS) is 10.0. The summed E-state index contributed by atoms with van der Waals surface area (Å²) in [7, 11) is 1.62. The van der Waals surface area contributed by atoms with Crippen LogP contribution in [-0.2, 0) is 0 Å². The predicted octanol–water partition coefficient (Wildman–Crippen LogP) is 3.44. The molecule has 0 fully saturated rings. The zero-order valence-electron chi connectivity index (χ0n) is 8.83. The number of ether oxygens (including phenoxy) is 1.